The Labute approximate surface area is 114 Å². The first-order valence-electron chi connectivity index (χ1n) is 7.02. The van der Waals surface area contributed by atoms with Crippen LogP contribution in [0.2, 0.25) is 0 Å². The third kappa shape index (κ3) is 3.92. The lowest BCUT2D eigenvalue weighted by Gasteiger charge is -2.19. The average Bonchev–Trinajstić information content (AvgIpc) is 2.93. The van der Waals surface area contributed by atoms with E-state index in [0.29, 0.717) is 13.0 Å². The van der Waals surface area contributed by atoms with Gasteiger partial charge in [-0.15, -0.1) is 0 Å². The van der Waals surface area contributed by atoms with Crippen LogP contribution >= 0.6 is 0 Å². The second-order valence-corrected chi connectivity index (χ2v) is 4.72. The number of rotatable bonds is 6. The lowest BCUT2D eigenvalue weighted by atomic mass is 10.3. The second-order valence-electron chi connectivity index (χ2n) is 4.72. The lowest BCUT2D eigenvalue weighted by molar-refractivity contribution is -0.116. The predicted octanol–water partition coefficient (Wildman–Crippen LogP) is 1.62. The molecule has 2 N–H and O–H groups in total. The van der Waals surface area contributed by atoms with E-state index < -0.39 is 0 Å². The minimum atomic E-state index is 0.0365. The summed E-state index contributed by atoms with van der Waals surface area (Å²) in [4.78, 5) is 18.5. The number of anilines is 2. The number of amides is 1. The van der Waals surface area contributed by atoms with Gasteiger partial charge in [-0.25, -0.2) is 4.98 Å². The van der Waals surface area contributed by atoms with E-state index in [0.717, 1.165) is 31.1 Å². The Morgan fingerprint density at radius 2 is 2.21 bits per heavy atom. The molecule has 2 rings (SSSR count). The molecule has 104 valence electrons. The highest BCUT2D eigenvalue weighted by Crippen LogP contribution is 2.25. The van der Waals surface area contributed by atoms with Crippen LogP contribution in [0.5, 0.6) is 0 Å². The van der Waals surface area contributed by atoms with Crippen molar-refractivity contribution in [3.8, 4) is 0 Å². The van der Waals surface area contributed by atoms with Crippen LogP contribution in [-0.2, 0) is 4.79 Å². The van der Waals surface area contributed by atoms with Crippen LogP contribution < -0.4 is 15.5 Å². The van der Waals surface area contributed by atoms with E-state index in [9.17, 15) is 4.79 Å². The third-order valence-corrected chi connectivity index (χ3v) is 3.25. The SMILES string of the molecule is CCNCCC(=O)Nc1cccnc1N1CCCC1. The molecule has 0 bridgehead atoms. The van der Waals surface area contributed by atoms with Gasteiger partial charge in [0, 0.05) is 32.3 Å². The van der Waals surface area contributed by atoms with E-state index >= 15 is 0 Å². The summed E-state index contributed by atoms with van der Waals surface area (Å²) in [5, 5.41) is 6.11. The predicted molar refractivity (Wildman–Crippen MR) is 77.5 cm³/mol. The quantitative estimate of drug-likeness (QED) is 0.765. The van der Waals surface area contributed by atoms with Gasteiger partial charge in [-0.2, -0.15) is 0 Å². The van der Waals surface area contributed by atoms with Gasteiger partial charge in [0.05, 0.1) is 5.69 Å². The average molecular weight is 262 g/mol. The molecule has 5 nitrogen and oxygen atoms in total. The number of carbonyl (C=O) groups is 1. The number of nitrogens with one attached hydrogen (secondary N) is 2. The maximum absolute atomic E-state index is 11.9. The van der Waals surface area contributed by atoms with Crippen LogP contribution in [0.4, 0.5) is 11.5 Å². The molecule has 0 unspecified atom stereocenters. The normalized spacial score (nSPS) is 14.7. The molecular weight excluding hydrogens is 240 g/mol. The summed E-state index contributed by atoms with van der Waals surface area (Å²) in [5.74, 6) is 0.936. The van der Waals surface area contributed by atoms with E-state index in [2.05, 4.69) is 20.5 Å². The summed E-state index contributed by atoms with van der Waals surface area (Å²) >= 11 is 0. The highest BCUT2D eigenvalue weighted by atomic mass is 16.1. The maximum atomic E-state index is 11.9. The largest absolute Gasteiger partial charge is 0.355 e. The van der Waals surface area contributed by atoms with Gasteiger partial charge in [0.2, 0.25) is 5.91 Å². The molecule has 1 amide bonds. The molecule has 1 aliphatic rings. The van der Waals surface area contributed by atoms with Crippen molar-refractivity contribution in [2.75, 3.05) is 36.4 Å². The van der Waals surface area contributed by atoms with Crippen molar-refractivity contribution in [3.63, 3.8) is 0 Å². The third-order valence-electron chi connectivity index (χ3n) is 3.25. The van der Waals surface area contributed by atoms with Gasteiger partial charge < -0.3 is 15.5 Å². The highest BCUT2D eigenvalue weighted by molar-refractivity contribution is 5.93. The maximum Gasteiger partial charge on any atom is 0.225 e. The van der Waals surface area contributed by atoms with Crippen molar-refractivity contribution >= 4 is 17.4 Å². The summed E-state index contributed by atoms with van der Waals surface area (Å²) in [5.41, 5.74) is 0.825. The number of hydrogen-bond acceptors (Lipinski definition) is 4. The number of pyridine rings is 1. The minimum Gasteiger partial charge on any atom is -0.355 e. The van der Waals surface area contributed by atoms with Crippen molar-refractivity contribution < 1.29 is 4.79 Å². The van der Waals surface area contributed by atoms with Crippen molar-refractivity contribution in [2.24, 2.45) is 0 Å². The Kier molecular flexibility index (Phi) is 5.15. The Bertz CT molecular complexity index is 416. The topological polar surface area (TPSA) is 57.3 Å². The van der Waals surface area contributed by atoms with Crippen LogP contribution in [-0.4, -0.2) is 37.1 Å². The number of nitrogens with zero attached hydrogens (tertiary/aromatic N) is 2. The first kappa shape index (κ1) is 13.8. The van der Waals surface area contributed by atoms with E-state index in [1.165, 1.54) is 12.8 Å². The molecular formula is C14H22N4O. The van der Waals surface area contributed by atoms with Crippen LogP contribution in [0.3, 0.4) is 0 Å². The fourth-order valence-electron chi connectivity index (χ4n) is 2.27. The Hall–Kier alpha value is -1.62. The molecule has 1 aromatic heterocycles. The fourth-order valence-corrected chi connectivity index (χ4v) is 2.27. The van der Waals surface area contributed by atoms with Gasteiger partial charge in [-0.05, 0) is 31.5 Å². The van der Waals surface area contributed by atoms with Crippen LogP contribution in [0.1, 0.15) is 26.2 Å². The fraction of sp³-hybridized carbons (Fsp3) is 0.571. The first-order chi connectivity index (χ1) is 9.31. The standard InChI is InChI=1S/C14H22N4O/c1-2-15-9-7-13(19)17-12-6-5-8-16-14(12)18-10-3-4-11-18/h5-6,8,15H,2-4,7,9-11H2,1H3,(H,17,19). The van der Waals surface area contributed by atoms with E-state index in [-0.39, 0.29) is 5.91 Å². The molecule has 1 aliphatic heterocycles. The summed E-state index contributed by atoms with van der Waals surface area (Å²) in [7, 11) is 0. The number of aromatic nitrogens is 1. The highest BCUT2D eigenvalue weighted by Gasteiger charge is 2.17. The van der Waals surface area contributed by atoms with E-state index in [1.54, 1.807) is 6.20 Å². The van der Waals surface area contributed by atoms with E-state index in [1.807, 2.05) is 19.1 Å². The molecule has 1 saturated heterocycles. The molecule has 1 fully saturated rings. The van der Waals surface area contributed by atoms with E-state index in [4.69, 9.17) is 0 Å². The molecule has 0 atom stereocenters. The zero-order valence-corrected chi connectivity index (χ0v) is 11.5. The zero-order chi connectivity index (χ0) is 13.5. The molecule has 1 aromatic rings. The summed E-state index contributed by atoms with van der Waals surface area (Å²) < 4.78 is 0. The molecule has 0 spiro atoms. The molecule has 19 heavy (non-hydrogen) atoms. The molecule has 0 saturated carbocycles. The summed E-state index contributed by atoms with van der Waals surface area (Å²) in [6.07, 6.45) is 4.67. The van der Waals surface area contributed by atoms with Crippen molar-refractivity contribution in [3.05, 3.63) is 18.3 Å². The monoisotopic (exact) mass is 262 g/mol. The molecule has 0 aromatic carbocycles. The van der Waals surface area contributed by atoms with Gasteiger partial charge in [0.15, 0.2) is 5.82 Å². The zero-order valence-electron chi connectivity index (χ0n) is 11.5. The van der Waals surface area contributed by atoms with Crippen molar-refractivity contribution in [1.82, 2.24) is 10.3 Å². The minimum absolute atomic E-state index is 0.0365. The van der Waals surface area contributed by atoms with Gasteiger partial charge in [-0.3, -0.25) is 4.79 Å². The second kappa shape index (κ2) is 7.09. The van der Waals surface area contributed by atoms with Gasteiger partial charge in [0.1, 0.15) is 0 Å². The Balaban J connectivity index is 1.97. The van der Waals surface area contributed by atoms with Crippen LogP contribution in [0.25, 0.3) is 0 Å². The van der Waals surface area contributed by atoms with Gasteiger partial charge in [0.25, 0.3) is 0 Å². The molecule has 0 radical (unpaired) electrons. The van der Waals surface area contributed by atoms with Crippen molar-refractivity contribution in [1.29, 1.82) is 0 Å². The summed E-state index contributed by atoms with van der Waals surface area (Å²) in [6.45, 7) is 5.68. The van der Waals surface area contributed by atoms with Gasteiger partial charge >= 0.3 is 0 Å². The summed E-state index contributed by atoms with van der Waals surface area (Å²) in [6, 6.07) is 3.78. The van der Waals surface area contributed by atoms with Gasteiger partial charge in [-0.1, -0.05) is 6.92 Å². The van der Waals surface area contributed by atoms with Crippen molar-refractivity contribution in [2.45, 2.75) is 26.2 Å². The van der Waals surface area contributed by atoms with Crippen LogP contribution in [0, 0.1) is 0 Å². The Morgan fingerprint density at radius 1 is 1.42 bits per heavy atom. The number of hydrogen-bond donors (Lipinski definition) is 2. The molecule has 0 aliphatic carbocycles. The lowest BCUT2D eigenvalue weighted by Crippen LogP contribution is -2.24. The van der Waals surface area contributed by atoms with Crippen LogP contribution in [0.15, 0.2) is 18.3 Å². The number of carbonyl (C=O) groups excluding carboxylic acids is 1. The molecule has 2 heterocycles. The molecule has 5 heteroatoms. The smallest absolute Gasteiger partial charge is 0.225 e. The Morgan fingerprint density at radius 3 is 2.95 bits per heavy atom. The first-order valence-corrected chi connectivity index (χ1v) is 7.02.